The fourth-order valence-electron chi connectivity index (χ4n) is 6.78. The SMILES string of the molecule is CCCCCCCCCCCCCCCCCCCCCCCC/C=C/CC/C=C/C(O)C(CO)NC(=O)CCCCCCCCCCC. The third-order valence-corrected chi connectivity index (χ3v) is 10.2. The maximum absolute atomic E-state index is 12.3. The molecule has 0 aromatic heterocycles. The zero-order valence-corrected chi connectivity index (χ0v) is 33.2. The van der Waals surface area contributed by atoms with Gasteiger partial charge >= 0.3 is 0 Å². The molecule has 0 fully saturated rings. The summed E-state index contributed by atoms with van der Waals surface area (Å²) in [7, 11) is 0. The molecule has 0 radical (unpaired) electrons. The Labute approximate surface area is 307 Å². The van der Waals surface area contributed by atoms with E-state index in [1.807, 2.05) is 6.08 Å². The molecule has 0 heterocycles. The minimum atomic E-state index is -0.856. The summed E-state index contributed by atoms with van der Waals surface area (Å²) in [4.78, 5) is 12.3. The second-order valence-electron chi connectivity index (χ2n) is 15.1. The summed E-state index contributed by atoms with van der Waals surface area (Å²) < 4.78 is 0. The molecule has 0 aliphatic rings. The van der Waals surface area contributed by atoms with Gasteiger partial charge in [0, 0.05) is 6.42 Å². The van der Waals surface area contributed by atoms with E-state index in [1.165, 1.54) is 186 Å². The summed E-state index contributed by atoms with van der Waals surface area (Å²) in [6.45, 7) is 4.28. The first-order valence-corrected chi connectivity index (χ1v) is 22.1. The van der Waals surface area contributed by atoms with Crippen molar-refractivity contribution in [2.24, 2.45) is 0 Å². The lowest BCUT2D eigenvalue weighted by Crippen LogP contribution is -2.45. The van der Waals surface area contributed by atoms with E-state index in [1.54, 1.807) is 6.08 Å². The third-order valence-electron chi connectivity index (χ3n) is 10.2. The van der Waals surface area contributed by atoms with Crippen molar-refractivity contribution in [3.63, 3.8) is 0 Å². The summed E-state index contributed by atoms with van der Waals surface area (Å²) >= 11 is 0. The molecule has 3 N–H and O–H groups in total. The molecule has 0 saturated carbocycles. The van der Waals surface area contributed by atoms with Crippen LogP contribution in [0, 0.1) is 0 Å². The zero-order chi connectivity index (χ0) is 35.7. The predicted octanol–water partition coefficient (Wildman–Crippen LogP) is 13.6. The Morgan fingerprint density at radius 1 is 0.469 bits per heavy atom. The Morgan fingerprint density at radius 2 is 0.796 bits per heavy atom. The molecule has 4 nitrogen and oxygen atoms in total. The molecule has 0 rings (SSSR count). The molecule has 2 unspecified atom stereocenters. The van der Waals surface area contributed by atoms with Crippen molar-refractivity contribution >= 4 is 5.91 Å². The topological polar surface area (TPSA) is 69.6 Å². The maximum atomic E-state index is 12.3. The number of rotatable bonds is 40. The molecular weight excluding hydrogens is 602 g/mol. The fourth-order valence-corrected chi connectivity index (χ4v) is 6.78. The largest absolute Gasteiger partial charge is 0.394 e. The van der Waals surface area contributed by atoms with Crippen molar-refractivity contribution in [1.82, 2.24) is 5.32 Å². The second kappa shape index (κ2) is 41.3. The van der Waals surface area contributed by atoms with E-state index < -0.39 is 12.1 Å². The van der Waals surface area contributed by atoms with E-state index >= 15 is 0 Å². The molecule has 0 aromatic rings. The number of hydrogen-bond acceptors (Lipinski definition) is 3. The first-order valence-electron chi connectivity index (χ1n) is 22.1. The number of aliphatic hydroxyl groups is 2. The van der Waals surface area contributed by atoms with E-state index in [-0.39, 0.29) is 12.5 Å². The van der Waals surface area contributed by atoms with Crippen LogP contribution in [0.3, 0.4) is 0 Å². The number of carbonyl (C=O) groups is 1. The minimum Gasteiger partial charge on any atom is -0.394 e. The van der Waals surface area contributed by atoms with Gasteiger partial charge in [0.25, 0.3) is 0 Å². The summed E-state index contributed by atoms with van der Waals surface area (Å²) in [6.07, 6.45) is 53.1. The lowest BCUT2D eigenvalue weighted by Gasteiger charge is -2.19. The van der Waals surface area contributed by atoms with Crippen LogP contribution in [-0.4, -0.2) is 34.9 Å². The fraction of sp³-hybridized carbons (Fsp3) is 0.889. The van der Waals surface area contributed by atoms with E-state index in [0.29, 0.717) is 6.42 Å². The third kappa shape index (κ3) is 37.9. The highest BCUT2D eigenvalue weighted by Gasteiger charge is 2.17. The highest BCUT2D eigenvalue weighted by Crippen LogP contribution is 2.16. The maximum Gasteiger partial charge on any atom is 0.220 e. The van der Waals surface area contributed by atoms with E-state index in [0.717, 1.165) is 32.1 Å². The molecule has 4 heteroatoms. The monoisotopic (exact) mass is 690 g/mol. The van der Waals surface area contributed by atoms with Gasteiger partial charge in [-0.05, 0) is 32.1 Å². The normalized spacial score (nSPS) is 13.1. The van der Waals surface area contributed by atoms with Gasteiger partial charge in [0.1, 0.15) is 0 Å². The van der Waals surface area contributed by atoms with Crippen LogP contribution < -0.4 is 5.32 Å². The molecule has 2 atom stereocenters. The van der Waals surface area contributed by atoms with Gasteiger partial charge in [-0.2, -0.15) is 0 Å². The lowest BCUT2D eigenvalue weighted by molar-refractivity contribution is -0.123. The number of carbonyl (C=O) groups excluding carboxylic acids is 1. The number of unbranched alkanes of at least 4 members (excludes halogenated alkanes) is 31. The summed E-state index contributed by atoms with van der Waals surface area (Å²) in [5.41, 5.74) is 0. The Bertz CT molecular complexity index is 705. The molecule has 0 aliphatic carbocycles. The number of hydrogen-bond donors (Lipinski definition) is 3. The van der Waals surface area contributed by atoms with Gasteiger partial charge in [-0.1, -0.05) is 224 Å². The highest BCUT2D eigenvalue weighted by atomic mass is 16.3. The van der Waals surface area contributed by atoms with Crippen LogP contribution >= 0.6 is 0 Å². The molecule has 0 spiro atoms. The number of aliphatic hydroxyl groups excluding tert-OH is 2. The Balaban J connectivity index is 3.49. The average Bonchev–Trinajstić information content (AvgIpc) is 3.10. The molecule has 49 heavy (non-hydrogen) atoms. The van der Waals surface area contributed by atoms with Gasteiger partial charge in [0.05, 0.1) is 18.8 Å². The summed E-state index contributed by atoms with van der Waals surface area (Å²) in [6, 6.07) is -0.633. The highest BCUT2D eigenvalue weighted by molar-refractivity contribution is 5.76. The number of nitrogens with one attached hydrogen (secondary N) is 1. The summed E-state index contributed by atoms with van der Waals surface area (Å²) in [5, 5.41) is 22.9. The Hall–Kier alpha value is -1.13. The van der Waals surface area contributed by atoms with Crippen LogP contribution in [0.1, 0.15) is 239 Å². The van der Waals surface area contributed by atoms with Crippen molar-refractivity contribution in [2.45, 2.75) is 251 Å². The Kier molecular flexibility index (Phi) is 40.3. The van der Waals surface area contributed by atoms with Gasteiger partial charge in [0.15, 0.2) is 0 Å². The van der Waals surface area contributed by atoms with Gasteiger partial charge in [-0.25, -0.2) is 0 Å². The molecule has 290 valence electrons. The Morgan fingerprint density at radius 3 is 1.18 bits per heavy atom. The minimum absolute atomic E-state index is 0.0761. The van der Waals surface area contributed by atoms with Gasteiger partial charge in [-0.15, -0.1) is 0 Å². The van der Waals surface area contributed by atoms with Crippen molar-refractivity contribution in [3.8, 4) is 0 Å². The molecular formula is C45H87NO3. The van der Waals surface area contributed by atoms with Crippen molar-refractivity contribution in [1.29, 1.82) is 0 Å². The average molecular weight is 690 g/mol. The molecule has 0 saturated heterocycles. The zero-order valence-electron chi connectivity index (χ0n) is 33.2. The van der Waals surface area contributed by atoms with Crippen LogP contribution in [0.2, 0.25) is 0 Å². The quantitative estimate of drug-likeness (QED) is 0.0443. The van der Waals surface area contributed by atoms with Crippen LogP contribution in [0.5, 0.6) is 0 Å². The van der Waals surface area contributed by atoms with Crippen LogP contribution in [0.15, 0.2) is 24.3 Å². The predicted molar refractivity (Wildman–Crippen MR) is 216 cm³/mol. The first-order chi connectivity index (χ1) is 24.2. The molecule has 0 aromatic carbocycles. The summed E-state index contributed by atoms with van der Waals surface area (Å²) in [5.74, 6) is -0.0761. The molecule has 0 aliphatic heterocycles. The molecule has 0 bridgehead atoms. The lowest BCUT2D eigenvalue weighted by atomic mass is 10.0. The van der Waals surface area contributed by atoms with Crippen LogP contribution in [-0.2, 0) is 4.79 Å². The molecule has 1 amide bonds. The van der Waals surface area contributed by atoms with Crippen LogP contribution in [0.4, 0.5) is 0 Å². The van der Waals surface area contributed by atoms with E-state index in [9.17, 15) is 15.0 Å². The smallest absolute Gasteiger partial charge is 0.220 e. The first kappa shape index (κ1) is 47.9. The van der Waals surface area contributed by atoms with E-state index in [4.69, 9.17) is 0 Å². The van der Waals surface area contributed by atoms with Gasteiger partial charge in [-0.3, -0.25) is 4.79 Å². The van der Waals surface area contributed by atoms with Gasteiger partial charge < -0.3 is 15.5 Å². The van der Waals surface area contributed by atoms with Crippen molar-refractivity contribution in [2.75, 3.05) is 6.61 Å². The second-order valence-corrected chi connectivity index (χ2v) is 15.1. The number of allylic oxidation sites excluding steroid dienone is 3. The van der Waals surface area contributed by atoms with Gasteiger partial charge in [0.2, 0.25) is 5.91 Å². The number of amides is 1. The van der Waals surface area contributed by atoms with Crippen molar-refractivity contribution < 1.29 is 15.0 Å². The van der Waals surface area contributed by atoms with E-state index in [2.05, 4.69) is 31.3 Å². The standard InChI is InChI=1S/C45H87NO3/c1-3-5-7-9-11-13-14-15-16-17-18-19-20-21-22-23-24-25-26-27-28-29-30-31-33-34-36-38-40-44(48)43(42-47)46-45(49)41-39-37-35-32-12-10-8-6-4-2/h31,33,38,40,43-44,47-48H,3-30,32,34-37,39,41-42H2,1-2H3,(H,46,49)/b33-31+,40-38+. The van der Waals surface area contributed by atoms with Crippen LogP contribution in [0.25, 0.3) is 0 Å². The van der Waals surface area contributed by atoms with Crippen molar-refractivity contribution in [3.05, 3.63) is 24.3 Å².